The molecular weight excluding hydrogens is 188 g/mol. The maximum Gasteiger partial charge on any atom is 0.110 e. The molecule has 0 saturated carbocycles. The van der Waals surface area contributed by atoms with Crippen molar-refractivity contribution in [3.05, 3.63) is 24.2 Å². The summed E-state index contributed by atoms with van der Waals surface area (Å²) in [5, 5.41) is 0. The van der Waals surface area contributed by atoms with Crippen molar-refractivity contribution in [3.8, 4) is 0 Å². The highest BCUT2D eigenvalue weighted by Gasteiger charge is 2.36. The number of nitrogens with two attached hydrogens (primary N) is 1. The molecule has 1 aliphatic heterocycles. The van der Waals surface area contributed by atoms with Crippen LogP contribution in [0.4, 0.5) is 0 Å². The third-order valence-electron chi connectivity index (χ3n) is 3.61. The van der Waals surface area contributed by atoms with Crippen LogP contribution in [0.1, 0.15) is 25.0 Å². The zero-order chi connectivity index (χ0) is 10.7. The number of piperidine rings is 1. The molecule has 2 heterocycles. The van der Waals surface area contributed by atoms with Gasteiger partial charge in [-0.05, 0) is 58.1 Å². The topological polar surface area (TPSA) is 42.4 Å². The lowest BCUT2D eigenvalue weighted by atomic mass is 9.74. The molecule has 0 aromatic carbocycles. The van der Waals surface area contributed by atoms with Crippen LogP contribution >= 0.6 is 0 Å². The maximum atomic E-state index is 5.73. The molecule has 0 spiro atoms. The molecule has 1 aliphatic rings. The Labute approximate surface area is 91.2 Å². The maximum absolute atomic E-state index is 5.73. The Morgan fingerprint density at radius 1 is 1.47 bits per heavy atom. The molecule has 3 nitrogen and oxygen atoms in total. The first-order valence-corrected chi connectivity index (χ1v) is 5.69. The van der Waals surface area contributed by atoms with Gasteiger partial charge in [-0.1, -0.05) is 0 Å². The lowest BCUT2D eigenvalue weighted by Crippen LogP contribution is -2.41. The molecule has 2 rings (SSSR count). The van der Waals surface area contributed by atoms with Crippen molar-refractivity contribution < 1.29 is 4.42 Å². The van der Waals surface area contributed by atoms with Crippen LogP contribution in [0.3, 0.4) is 0 Å². The van der Waals surface area contributed by atoms with Crippen LogP contribution in [0, 0.1) is 0 Å². The molecule has 0 unspecified atom stereocenters. The van der Waals surface area contributed by atoms with E-state index in [1.165, 1.54) is 0 Å². The van der Waals surface area contributed by atoms with E-state index in [0.29, 0.717) is 0 Å². The Morgan fingerprint density at radius 3 is 2.73 bits per heavy atom. The Hall–Kier alpha value is -0.800. The number of likely N-dealkylation sites (tertiary alicyclic amines) is 1. The average Bonchev–Trinajstić information content (AvgIpc) is 2.76. The van der Waals surface area contributed by atoms with E-state index in [9.17, 15) is 0 Å². The largest absolute Gasteiger partial charge is 0.469 e. The zero-order valence-electron chi connectivity index (χ0n) is 9.41. The standard InChI is InChI=1S/C12H20N2O/c1-14-8-5-12(4-7-13,6-9-14)11-3-2-10-15-11/h2-3,10H,4-9,13H2,1H3. The lowest BCUT2D eigenvalue weighted by Gasteiger charge is -2.39. The minimum absolute atomic E-state index is 0.199. The Morgan fingerprint density at radius 2 is 2.20 bits per heavy atom. The molecule has 2 N–H and O–H groups in total. The van der Waals surface area contributed by atoms with E-state index in [0.717, 1.165) is 44.7 Å². The lowest BCUT2D eigenvalue weighted by molar-refractivity contribution is 0.159. The van der Waals surface area contributed by atoms with E-state index in [1.54, 1.807) is 6.26 Å². The van der Waals surface area contributed by atoms with Crippen molar-refractivity contribution in [3.63, 3.8) is 0 Å². The molecule has 84 valence electrons. The normalized spacial score (nSPS) is 21.7. The van der Waals surface area contributed by atoms with Gasteiger partial charge in [0.25, 0.3) is 0 Å². The smallest absolute Gasteiger partial charge is 0.110 e. The summed E-state index contributed by atoms with van der Waals surface area (Å²) in [4.78, 5) is 2.37. The van der Waals surface area contributed by atoms with E-state index >= 15 is 0 Å². The van der Waals surface area contributed by atoms with Gasteiger partial charge in [-0.2, -0.15) is 0 Å². The van der Waals surface area contributed by atoms with Gasteiger partial charge in [0.15, 0.2) is 0 Å². The van der Waals surface area contributed by atoms with Gasteiger partial charge < -0.3 is 15.1 Å². The fourth-order valence-corrected chi connectivity index (χ4v) is 2.52. The first kappa shape index (κ1) is 10.7. The third-order valence-corrected chi connectivity index (χ3v) is 3.61. The van der Waals surface area contributed by atoms with Gasteiger partial charge in [-0.15, -0.1) is 0 Å². The molecule has 0 atom stereocenters. The average molecular weight is 208 g/mol. The van der Waals surface area contributed by atoms with Gasteiger partial charge >= 0.3 is 0 Å². The van der Waals surface area contributed by atoms with Gasteiger partial charge in [-0.25, -0.2) is 0 Å². The van der Waals surface area contributed by atoms with Crippen molar-refractivity contribution in [2.24, 2.45) is 5.73 Å². The molecule has 1 fully saturated rings. The highest BCUT2D eigenvalue weighted by atomic mass is 16.3. The Balaban J connectivity index is 2.18. The van der Waals surface area contributed by atoms with Gasteiger partial charge in [0, 0.05) is 5.41 Å². The molecule has 15 heavy (non-hydrogen) atoms. The summed E-state index contributed by atoms with van der Waals surface area (Å²) in [5.74, 6) is 1.13. The van der Waals surface area contributed by atoms with Crippen molar-refractivity contribution >= 4 is 0 Å². The first-order chi connectivity index (χ1) is 7.27. The fourth-order valence-electron chi connectivity index (χ4n) is 2.52. The molecule has 1 aromatic rings. The summed E-state index contributed by atoms with van der Waals surface area (Å²) in [6.45, 7) is 3.02. The molecule has 3 heteroatoms. The number of rotatable bonds is 3. The molecular formula is C12H20N2O. The summed E-state index contributed by atoms with van der Waals surface area (Å²) in [6, 6.07) is 4.08. The SMILES string of the molecule is CN1CCC(CCN)(c2ccco2)CC1. The van der Waals surface area contributed by atoms with E-state index in [1.807, 2.05) is 6.07 Å². The van der Waals surface area contributed by atoms with E-state index in [2.05, 4.69) is 18.0 Å². The van der Waals surface area contributed by atoms with Gasteiger partial charge in [0.05, 0.1) is 6.26 Å². The van der Waals surface area contributed by atoms with E-state index in [4.69, 9.17) is 10.2 Å². The van der Waals surface area contributed by atoms with Crippen LogP contribution in [-0.2, 0) is 5.41 Å². The van der Waals surface area contributed by atoms with Gasteiger partial charge in [-0.3, -0.25) is 0 Å². The minimum atomic E-state index is 0.199. The van der Waals surface area contributed by atoms with Crippen molar-refractivity contribution in [1.29, 1.82) is 0 Å². The van der Waals surface area contributed by atoms with Crippen molar-refractivity contribution in [2.45, 2.75) is 24.7 Å². The van der Waals surface area contributed by atoms with Gasteiger partial charge in [0.2, 0.25) is 0 Å². The van der Waals surface area contributed by atoms with Gasteiger partial charge in [0.1, 0.15) is 5.76 Å². The molecule has 0 amide bonds. The number of hydrogen-bond acceptors (Lipinski definition) is 3. The predicted octanol–water partition coefficient (Wildman–Crippen LogP) is 1.59. The van der Waals surface area contributed by atoms with Crippen LogP contribution in [-0.4, -0.2) is 31.6 Å². The summed E-state index contributed by atoms with van der Waals surface area (Å²) >= 11 is 0. The van der Waals surface area contributed by atoms with Crippen LogP contribution in [0.2, 0.25) is 0 Å². The molecule has 1 aromatic heterocycles. The fraction of sp³-hybridized carbons (Fsp3) is 0.667. The first-order valence-electron chi connectivity index (χ1n) is 5.69. The molecule has 1 saturated heterocycles. The van der Waals surface area contributed by atoms with Crippen molar-refractivity contribution in [2.75, 3.05) is 26.7 Å². The molecule has 0 aliphatic carbocycles. The minimum Gasteiger partial charge on any atom is -0.469 e. The highest BCUT2D eigenvalue weighted by molar-refractivity contribution is 5.15. The second-order valence-corrected chi connectivity index (χ2v) is 4.60. The molecule has 0 bridgehead atoms. The summed E-state index contributed by atoms with van der Waals surface area (Å²) in [5.41, 5.74) is 5.93. The predicted molar refractivity (Wildman–Crippen MR) is 60.8 cm³/mol. The molecule has 0 radical (unpaired) electrons. The third kappa shape index (κ3) is 2.08. The quantitative estimate of drug-likeness (QED) is 0.820. The Kier molecular flexibility index (Phi) is 3.12. The number of nitrogens with zero attached hydrogens (tertiary/aromatic N) is 1. The highest BCUT2D eigenvalue weighted by Crippen LogP contribution is 2.38. The van der Waals surface area contributed by atoms with Crippen molar-refractivity contribution in [1.82, 2.24) is 4.90 Å². The summed E-state index contributed by atoms with van der Waals surface area (Å²) in [6.07, 6.45) is 5.13. The van der Waals surface area contributed by atoms with Crippen LogP contribution < -0.4 is 5.73 Å². The van der Waals surface area contributed by atoms with E-state index < -0.39 is 0 Å². The number of hydrogen-bond donors (Lipinski definition) is 1. The van der Waals surface area contributed by atoms with E-state index in [-0.39, 0.29) is 5.41 Å². The monoisotopic (exact) mass is 208 g/mol. The second kappa shape index (κ2) is 4.37. The summed E-state index contributed by atoms with van der Waals surface area (Å²) in [7, 11) is 2.18. The Bertz CT molecular complexity index is 287. The van der Waals surface area contributed by atoms with Crippen LogP contribution in [0.25, 0.3) is 0 Å². The number of furan rings is 1. The second-order valence-electron chi connectivity index (χ2n) is 4.60. The van der Waals surface area contributed by atoms with Crippen LogP contribution in [0.5, 0.6) is 0 Å². The van der Waals surface area contributed by atoms with Crippen LogP contribution in [0.15, 0.2) is 22.8 Å². The summed E-state index contributed by atoms with van der Waals surface area (Å²) < 4.78 is 5.59. The zero-order valence-corrected chi connectivity index (χ0v) is 9.41.